The number of piperazine rings is 1. The van der Waals surface area contributed by atoms with Crippen molar-refractivity contribution in [3.05, 3.63) is 29.6 Å². The largest absolute Gasteiger partial charge is 0.444 e. The second kappa shape index (κ2) is 12.9. The van der Waals surface area contributed by atoms with Gasteiger partial charge in [0, 0.05) is 32.2 Å². The maximum absolute atomic E-state index is 15.3. The summed E-state index contributed by atoms with van der Waals surface area (Å²) in [6.45, 7) is 9.52. The highest BCUT2D eigenvalue weighted by Gasteiger charge is 2.34. The molecule has 1 heterocycles. The number of benzene rings is 1. The van der Waals surface area contributed by atoms with Crippen molar-refractivity contribution in [2.75, 3.05) is 38.5 Å². The Labute approximate surface area is 225 Å². The number of likely N-dealkylation sites (N-methyl/N-ethyl adjacent to an activating group) is 1. The molecule has 0 aromatic heterocycles. The fourth-order valence-corrected chi connectivity index (χ4v) is 5.20. The summed E-state index contributed by atoms with van der Waals surface area (Å²) in [5.74, 6) is -2.01. The predicted molar refractivity (Wildman–Crippen MR) is 145 cm³/mol. The molecule has 2 fully saturated rings. The summed E-state index contributed by atoms with van der Waals surface area (Å²) in [5.41, 5.74) is 5.91. The van der Waals surface area contributed by atoms with Crippen LogP contribution in [0, 0.1) is 11.7 Å². The Kier molecular flexibility index (Phi) is 10.1. The van der Waals surface area contributed by atoms with Gasteiger partial charge in [0.1, 0.15) is 11.4 Å². The smallest absolute Gasteiger partial charge is 0.407 e. The molecule has 9 nitrogen and oxygen atoms in total. The molecule has 38 heavy (non-hydrogen) atoms. The van der Waals surface area contributed by atoms with E-state index in [1.165, 1.54) is 12.1 Å². The lowest BCUT2D eigenvalue weighted by Gasteiger charge is -2.36. The van der Waals surface area contributed by atoms with Gasteiger partial charge in [-0.25, -0.2) is 9.18 Å². The molecule has 2 aliphatic rings. The molecule has 0 unspecified atom stereocenters. The van der Waals surface area contributed by atoms with Gasteiger partial charge in [0.2, 0.25) is 11.8 Å². The number of nitrogens with two attached hydrogens (primary N) is 1. The Hall–Kier alpha value is -2.72. The number of nitrogens with zero attached hydrogens (tertiary/aromatic N) is 2. The van der Waals surface area contributed by atoms with Crippen LogP contribution in [0.1, 0.15) is 71.3 Å². The molecule has 1 saturated heterocycles. The van der Waals surface area contributed by atoms with E-state index in [4.69, 9.17) is 10.5 Å². The van der Waals surface area contributed by atoms with E-state index >= 15 is 4.39 Å². The van der Waals surface area contributed by atoms with E-state index in [2.05, 4.69) is 15.5 Å². The Morgan fingerprint density at radius 3 is 2.29 bits per heavy atom. The van der Waals surface area contributed by atoms with Crippen molar-refractivity contribution >= 4 is 23.6 Å². The van der Waals surface area contributed by atoms with Crippen molar-refractivity contribution in [2.24, 2.45) is 11.7 Å². The Balaban J connectivity index is 1.79. The molecule has 10 heteroatoms. The summed E-state index contributed by atoms with van der Waals surface area (Å²) in [7, 11) is 1.99. The minimum atomic E-state index is -0.838. The molecule has 1 aliphatic heterocycles. The topological polar surface area (TPSA) is 117 Å². The van der Waals surface area contributed by atoms with Gasteiger partial charge < -0.3 is 30.9 Å². The third kappa shape index (κ3) is 8.14. The molecule has 1 aromatic carbocycles. The van der Waals surface area contributed by atoms with Crippen LogP contribution in [0.5, 0.6) is 0 Å². The number of carbonyl (C=O) groups excluding carboxylic acids is 3. The van der Waals surface area contributed by atoms with Crippen molar-refractivity contribution < 1.29 is 23.5 Å². The van der Waals surface area contributed by atoms with Crippen LogP contribution in [0.25, 0.3) is 0 Å². The maximum Gasteiger partial charge on any atom is 0.407 e. The van der Waals surface area contributed by atoms with Gasteiger partial charge in [-0.2, -0.15) is 0 Å². The SMILES string of the molecule is C[C@@H](NC(=O)OC(C)(C)C)[C@@H](C(=O)N1CCN(C)CC1)c1ccc(NC(=O)[C@@H](N)C2CCCCC2)c(F)c1. The van der Waals surface area contributed by atoms with E-state index in [1.807, 2.05) is 7.05 Å². The lowest BCUT2D eigenvalue weighted by atomic mass is 9.84. The molecule has 212 valence electrons. The summed E-state index contributed by atoms with van der Waals surface area (Å²) >= 11 is 0. The molecule has 3 amide bonds. The lowest BCUT2D eigenvalue weighted by Crippen LogP contribution is -2.52. The second-order valence-electron chi connectivity index (χ2n) is 11.7. The summed E-state index contributed by atoms with van der Waals surface area (Å²) in [4.78, 5) is 42.8. The van der Waals surface area contributed by atoms with Crippen LogP contribution in [-0.2, 0) is 14.3 Å². The van der Waals surface area contributed by atoms with Crippen molar-refractivity contribution in [3.8, 4) is 0 Å². The van der Waals surface area contributed by atoms with Crippen molar-refractivity contribution in [2.45, 2.75) is 83.4 Å². The van der Waals surface area contributed by atoms with Crippen LogP contribution in [0.4, 0.5) is 14.9 Å². The molecule has 1 aliphatic carbocycles. The highest BCUT2D eigenvalue weighted by Crippen LogP contribution is 2.29. The summed E-state index contributed by atoms with van der Waals surface area (Å²) < 4.78 is 20.7. The van der Waals surface area contributed by atoms with Crippen LogP contribution in [0.15, 0.2) is 18.2 Å². The first kappa shape index (κ1) is 29.8. The van der Waals surface area contributed by atoms with E-state index in [-0.39, 0.29) is 17.5 Å². The van der Waals surface area contributed by atoms with E-state index in [1.54, 1.807) is 38.7 Å². The van der Waals surface area contributed by atoms with Gasteiger partial charge in [-0.3, -0.25) is 9.59 Å². The molecule has 0 bridgehead atoms. The third-order valence-electron chi connectivity index (χ3n) is 7.40. The first-order chi connectivity index (χ1) is 17.9. The molecule has 3 atom stereocenters. The number of halogens is 1. The number of hydrogen-bond acceptors (Lipinski definition) is 6. The van der Waals surface area contributed by atoms with Gasteiger partial charge in [0.25, 0.3) is 0 Å². The highest BCUT2D eigenvalue weighted by atomic mass is 19.1. The molecular formula is C28H44FN5O4. The minimum absolute atomic E-state index is 0.0172. The Morgan fingerprint density at radius 2 is 1.71 bits per heavy atom. The molecule has 1 saturated carbocycles. The van der Waals surface area contributed by atoms with E-state index in [0.717, 1.165) is 45.2 Å². The van der Waals surface area contributed by atoms with E-state index < -0.39 is 41.4 Å². The number of ether oxygens (including phenoxy) is 1. The van der Waals surface area contributed by atoms with Gasteiger partial charge >= 0.3 is 6.09 Å². The zero-order valence-electron chi connectivity index (χ0n) is 23.4. The summed E-state index contributed by atoms with van der Waals surface area (Å²) in [5, 5.41) is 5.38. The number of carbonyl (C=O) groups is 3. The fourth-order valence-electron chi connectivity index (χ4n) is 5.20. The standard InChI is InChI=1S/C28H44FN5O4/c1-18(31-27(37)38-28(2,3)4)23(26(36)34-15-13-33(5)14-16-34)20-11-12-22(21(29)17-20)32-25(35)24(30)19-9-7-6-8-10-19/h11-12,17-19,23-24H,6-10,13-16,30H2,1-5H3,(H,31,37)(H,32,35)/t18-,23-,24+/m1/s1. The van der Waals surface area contributed by atoms with Gasteiger partial charge in [-0.05, 0) is 71.2 Å². The molecule has 4 N–H and O–H groups in total. The van der Waals surface area contributed by atoms with Crippen LogP contribution >= 0.6 is 0 Å². The normalized spacial score (nSPS) is 19.8. The maximum atomic E-state index is 15.3. The number of amides is 3. The monoisotopic (exact) mass is 533 g/mol. The number of nitrogens with one attached hydrogen (secondary N) is 2. The van der Waals surface area contributed by atoms with Crippen molar-refractivity contribution in [1.82, 2.24) is 15.1 Å². The van der Waals surface area contributed by atoms with Gasteiger partial charge in [-0.15, -0.1) is 0 Å². The van der Waals surface area contributed by atoms with Gasteiger partial charge in [0.05, 0.1) is 17.6 Å². The number of rotatable bonds is 7. The van der Waals surface area contributed by atoms with Crippen LogP contribution in [0.2, 0.25) is 0 Å². The molecule has 3 rings (SSSR count). The van der Waals surface area contributed by atoms with Gasteiger partial charge in [0.15, 0.2) is 0 Å². The number of anilines is 1. The van der Waals surface area contributed by atoms with Crippen LogP contribution in [0.3, 0.4) is 0 Å². The quantitative estimate of drug-likeness (QED) is 0.494. The zero-order chi connectivity index (χ0) is 28.0. The zero-order valence-corrected chi connectivity index (χ0v) is 23.4. The molecule has 1 aromatic rings. The first-order valence-electron chi connectivity index (χ1n) is 13.7. The van der Waals surface area contributed by atoms with Crippen molar-refractivity contribution in [1.29, 1.82) is 0 Å². The van der Waals surface area contributed by atoms with Crippen LogP contribution in [-0.4, -0.2) is 78.6 Å². The van der Waals surface area contributed by atoms with E-state index in [9.17, 15) is 14.4 Å². The number of hydrogen-bond donors (Lipinski definition) is 3. The van der Waals surface area contributed by atoms with Crippen molar-refractivity contribution in [3.63, 3.8) is 0 Å². The lowest BCUT2D eigenvalue weighted by molar-refractivity contribution is -0.135. The van der Waals surface area contributed by atoms with Gasteiger partial charge in [-0.1, -0.05) is 25.3 Å². The highest BCUT2D eigenvalue weighted by molar-refractivity contribution is 5.95. The average molecular weight is 534 g/mol. The molecular weight excluding hydrogens is 489 g/mol. The summed E-state index contributed by atoms with van der Waals surface area (Å²) in [6, 6.07) is 2.97. The number of alkyl carbamates (subject to hydrolysis) is 1. The average Bonchev–Trinajstić information content (AvgIpc) is 2.85. The molecule has 0 radical (unpaired) electrons. The Bertz CT molecular complexity index is 984. The summed E-state index contributed by atoms with van der Waals surface area (Å²) in [6.07, 6.45) is 4.39. The molecule has 0 spiro atoms. The van der Waals surface area contributed by atoms with E-state index in [0.29, 0.717) is 18.7 Å². The predicted octanol–water partition coefficient (Wildman–Crippen LogP) is 3.44. The first-order valence-corrected chi connectivity index (χ1v) is 13.7. The fraction of sp³-hybridized carbons (Fsp3) is 0.679. The third-order valence-corrected chi connectivity index (χ3v) is 7.40. The second-order valence-corrected chi connectivity index (χ2v) is 11.7. The van der Waals surface area contributed by atoms with Crippen LogP contribution < -0.4 is 16.4 Å². The Morgan fingerprint density at radius 1 is 1.08 bits per heavy atom. The minimum Gasteiger partial charge on any atom is -0.444 e.